The maximum Gasteiger partial charge on any atom is 0.289 e. The number of aliphatic hydroxyl groups excluding tert-OH is 1. The second kappa shape index (κ2) is 5.94. The minimum atomic E-state index is -3.14. The molecule has 0 saturated carbocycles. The van der Waals surface area contributed by atoms with Gasteiger partial charge < -0.3 is 10.4 Å². The second-order valence-corrected chi connectivity index (χ2v) is 4.96. The van der Waals surface area contributed by atoms with Crippen LogP contribution in [0, 0.1) is 6.92 Å². The van der Waals surface area contributed by atoms with Gasteiger partial charge in [0.15, 0.2) is 0 Å². The molecule has 1 aliphatic rings. The first-order valence-corrected chi connectivity index (χ1v) is 6.55. The number of nitrogens with zero attached hydrogens (tertiary/aromatic N) is 1. The van der Waals surface area contributed by atoms with Crippen LogP contribution >= 0.6 is 0 Å². The van der Waals surface area contributed by atoms with Crippen LogP contribution in [-0.4, -0.2) is 48.7 Å². The van der Waals surface area contributed by atoms with E-state index in [4.69, 9.17) is 5.11 Å². The molecule has 5 heteroatoms. The Bertz CT molecular complexity index is 420. The molecule has 1 aliphatic heterocycles. The number of aryl methyl sites for hydroxylation is 1. The fourth-order valence-electron chi connectivity index (χ4n) is 2.61. The van der Waals surface area contributed by atoms with Gasteiger partial charge in [-0.25, -0.2) is 8.78 Å². The lowest BCUT2D eigenvalue weighted by Crippen LogP contribution is -2.51. The molecule has 1 aromatic carbocycles. The van der Waals surface area contributed by atoms with Gasteiger partial charge in [-0.15, -0.1) is 0 Å². The van der Waals surface area contributed by atoms with Crippen molar-refractivity contribution in [1.29, 1.82) is 0 Å². The van der Waals surface area contributed by atoms with E-state index in [0.717, 1.165) is 5.56 Å². The predicted molar refractivity (Wildman–Crippen MR) is 70.4 cm³/mol. The van der Waals surface area contributed by atoms with Gasteiger partial charge in [-0.2, -0.15) is 0 Å². The van der Waals surface area contributed by atoms with Crippen LogP contribution in [0.25, 0.3) is 0 Å². The Morgan fingerprint density at radius 1 is 1.32 bits per heavy atom. The standard InChI is InChI=1S/C14H20F2N2O/c1-11-4-2-3-5-12(11)13(14(15,16)10-19)18-8-6-17-7-9-18/h2-5,13,17,19H,6-10H2,1H3/t13-/m0/s1. The molecule has 0 amide bonds. The van der Waals surface area contributed by atoms with Gasteiger partial charge in [-0.05, 0) is 18.1 Å². The van der Waals surface area contributed by atoms with Crippen molar-refractivity contribution in [3.05, 3.63) is 35.4 Å². The minimum absolute atomic E-state index is 0.564. The van der Waals surface area contributed by atoms with Gasteiger partial charge in [0.1, 0.15) is 12.6 Å². The monoisotopic (exact) mass is 270 g/mol. The predicted octanol–water partition coefficient (Wildman–Crippen LogP) is 1.57. The first-order chi connectivity index (χ1) is 9.06. The number of alkyl halides is 2. The zero-order valence-electron chi connectivity index (χ0n) is 11.1. The third kappa shape index (κ3) is 3.11. The lowest BCUT2D eigenvalue weighted by Gasteiger charge is -2.39. The summed E-state index contributed by atoms with van der Waals surface area (Å²) in [5.74, 6) is -3.14. The van der Waals surface area contributed by atoms with E-state index in [9.17, 15) is 8.78 Å². The van der Waals surface area contributed by atoms with Crippen LogP contribution in [0.2, 0.25) is 0 Å². The lowest BCUT2D eigenvalue weighted by atomic mass is 9.94. The topological polar surface area (TPSA) is 35.5 Å². The molecule has 19 heavy (non-hydrogen) atoms. The van der Waals surface area contributed by atoms with Crippen molar-refractivity contribution < 1.29 is 13.9 Å². The van der Waals surface area contributed by atoms with Crippen LogP contribution < -0.4 is 5.32 Å². The Morgan fingerprint density at radius 2 is 1.95 bits per heavy atom. The molecule has 1 saturated heterocycles. The number of aliphatic hydroxyl groups is 1. The number of hydrogen-bond donors (Lipinski definition) is 2. The first kappa shape index (κ1) is 14.4. The van der Waals surface area contributed by atoms with Gasteiger partial charge in [0.25, 0.3) is 5.92 Å². The zero-order chi connectivity index (χ0) is 13.9. The minimum Gasteiger partial charge on any atom is -0.390 e. The molecule has 106 valence electrons. The highest BCUT2D eigenvalue weighted by Gasteiger charge is 2.44. The Kier molecular flexibility index (Phi) is 4.50. The van der Waals surface area contributed by atoms with Crippen molar-refractivity contribution in [1.82, 2.24) is 10.2 Å². The summed E-state index contributed by atoms with van der Waals surface area (Å²) in [7, 11) is 0. The largest absolute Gasteiger partial charge is 0.390 e. The number of halogens is 2. The van der Waals surface area contributed by atoms with Crippen LogP contribution in [0.3, 0.4) is 0 Å². The fourth-order valence-corrected chi connectivity index (χ4v) is 2.61. The maximum absolute atomic E-state index is 14.2. The van der Waals surface area contributed by atoms with Crippen molar-refractivity contribution in [2.75, 3.05) is 32.8 Å². The summed E-state index contributed by atoms with van der Waals surface area (Å²) in [4.78, 5) is 1.76. The highest BCUT2D eigenvalue weighted by Crippen LogP contribution is 2.37. The van der Waals surface area contributed by atoms with Crippen molar-refractivity contribution in [2.24, 2.45) is 0 Å². The van der Waals surface area contributed by atoms with Crippen LogP contribution in [0.4, 0.5) is 8.78 Å². The van der Waals surface area contributed by atoms with Gasteiger partial charge in [-0.1, -0.05) is 24.3 Å². The molecule has 0 aliphatic carbocycles. The molecule has 0 spiro atoms. The normalized spacial score (nSPS) is 19.4. The molecule has 1 fully saturated rings. The molecular weight excluding hydrogens is 250 g/mol. The van der Waals surface area contributed by atoms with E-state index in [1.165, 1.54) is 0 Å². The highest BCUT2D eigenvalue weighted by atomic mass is 19.3. The summed E-state index contributed by atoms with van der Waals surface area (Å²) in [5, 5.41) is 12.2. The summed E-state index contributed by atoms with van der Waals surface area (Å²) in [6.07, 6.45) is 0. The van der Waals surface area contributed by atoms with E-state index in [0.29, 0.717) is 31.7 Å². The third-order valence-corrected chi connectivity index (χ3v) is 3.61. The van der Waals surface area contributed by atoms with Crippen molar-refractivity contribution in [2.45, 2.75) is 18.9 Å². The smallest absolute Gasteiger partial charge is 0.289 e. The van der Waals surface area contributed by atoms with E-state index >= 15 is 0 Å². The fraction of sp³-hybridized carbons (Fsp3) is 0.571. The molecule has 0 bridgehead atoms. The van der Waals surface area contributed by atoms with E-state index in [-0.39, 0.29) is 0 Å². The molecule has 2 N–H and O–H groups in total. The molecule has 0 aromatic heterocycles. The molecule has 1 heterocycles. The van der Waals surface area contributed by atoms with Crippen molar-refractivity contribution >= 4 is 0 Å². The number of hydrogen-bond acceptors (Lipinski definition) is 3. The highest BCUT2D eigenvalue weighted by molar-refractivity contribution is 5.30. The van der Waals surface area contributed by atoms with Crippen LogP contribution in [0.5, 0.6) is 0 Å². The molecule has 1 atom stereocenters. The summed E-state index contributed by atoms with van der Waals surface area (Å²) in [5.41, 5.74) is 1.43. The number of rotatable bonds is 4. The van der Waals surface area contributed by atoms with Crippen molar-refractivity contribution in [3.63, 3.8) is 0 Å². The Hall–Kier alpha value is -1.04. The molecule has 1 aromatic rings. The zero-order valence-corrected chi connectivity index (χ0v) is 11.1. The third-order valence-electron chi connectivity index (χ3n) is 3.61. The number of benzene rings is 1. The van der Waals surface area contributed by atoms with Gasteiger partial charge in [0.05, 0.1) is 0 Å². The van der Waals surface area contributed by atoms with Crippen molar-refractivity contribution in [3.8, 4) is 0 Å². The maximum atomic E-state index is 14.2. The Balaban J connectivity index is 2.36. The molecule has 0 unspecified atom stereocenters. The summed E-state index contributed by atoms with van der Waals surface area (Å²) in [6.45, 7) is 3.23. The van der Waals surface area contributed by atoms with Gasteiger partial charge >= 0.3 is 0 Å². The Labute approximate surface area is 112 Å². The van der Waals surface area contributed by atoms with Gasteiger partial charge in [0.2, 0.25) is 0 Å². The van der Waals surface area contributed by atoms with E-state index < -0.39 is 18.6 Å². The summed E-state index contributed by atoms with van der Waals surface area (Å²) < 4.78 is 28.3. The summed E-state index contributed by atoms with van der Waals surface area (Å²) >= 11 is 0. The first-order valence-electron chi connectivity index (χ1n) is 6.55. The summed E-state index contributed by atoms with van der Waals surface area (Å²) in [6, 6.07) is 6.11. The Morgan fingerprint density at radius 3 is 2.53 bits per heavy atom. The van der Waals surface area contributed by atoms with E-state index in [1.54, 1.807) is 17.0 Å². The van der Waals surface area contributed by atoms with Crippen LogP contribution in [0.15, 0.2) is 24.3 Å². The van der Waals surface area contributed by atoms with E-state index in [2.05, 4.69) is 5.32 Å². The second-order valence-electron chi connectivity index (χ2n) is 4.96. The average molecular weight is 270 g/mol. The number of nitrogens with one attached hydrogen (secondary N) is 1. The van der Waals surface area contributed by atoms with Gasteiger partial charge in [-0.3, -0.25) is 4.90 Å². The SMILES string of the molecule is Cc1ccccc1[C@H](N1CCNCC1)C(F)(F)CO. The van der Waals surface area contributed by atoms with Gasteiger partial charge in [0, 0.05) is 26.2 Å². The molecule has 2 rings (SSSR count). The average Bonchev–Trinajstić information content (AvgIpc) is 2.42. The van der Waals surface area contributed by atoms with Crippen LogP contribution in [-0.2, 0) is 0 Å². The lowest BCUT2D eigenvalue weighted by molar-refractivity contribution is -0.118. The quantitative estimate of drug-likeness (QED) is 0.872. The van der Waals surface area contributed by atoms with Crippen LogP contribution in [0.1, 0.15) is 17.2 Å². The number of piperazine rings is 1. The molecular formula is C14H20F2N2O. The molecule has 0 radical (unpaired) electrons. The van der Waals surface area contributed by atoms with E-state index in [1.807, 2.05) is 19.1 Å². The molecule has 3 nitrogen and oxygen atoms in total.